The van der Waals surface area contributed by atoms with Gasteiger partial charge in [-0.2, -0.15) is 0 Å². The fraction of sp³-hybridized carbons (Fsp3) is 0.208. The van der Waals surface area contributed by atoms with Gasteiger partial charge in [0.1, 0.15) is 12.3 Å². The molecule has 162 valence electrons. The number of amides is 1. The summed E-state index contributed by atoms with van der Waals surface area (Å²) >= 11 is 0. The van der Waals surface area contributed by atoms with E-state index < -0.39 is 15.9 Å². The third-order valence-corrected chi connectivity index (χ3v) is 6.50. The van der Waals surface area contributed by atoms with E-state index >= 15 is 0 Å². The summed E-state index contributed by atoms with van der Waals surface area (Å²) in [5.41, 5.74) is 3.06. The molecule has 1 amide bonds. The first kappa shape index (κ1) is 22.4. The molecule has 1 N–H and O–H groups in total. The van der Waals surface area contributed by atoms with Crippen molar-refractivity contribution >= 4 is 27.3 Å². The molecule has 0 radical (unpaired) electrons. The van der Waals surface area contributed by atoms with Gasteiger partial charge in [0.15, 0.2) is 0 Å². The van der Waals surface area contributed by atoms with Crippen LogP contribution in [-0.4, -0.2) is 27.5 Å². The van der Waals surface area contributed by atoms with E-state index in [1.165, 1.54) is 12.1 Å². The summed E-state index contributed by atoms with van der Waals surface area (Å²) in [7, 11) is -3.97. The van der Waals surface area contributed by atoms with Crippen molar-refractivity contribution in [3.05, 3.63) is 83.9 Å². The van der Waals surface area contributed by atoms with Crippen LogP contribution >= 0.6 is 0 Å². The molecule has 3 aromatic carbocycles. The Morgan fingerprint density at radius 1 is 0.968 bits per heavy atom. The lowest BCUT2D eigenvalue weighted by molar-refractivity contribution is -0.114. The highest BCUT2D eigenvalue weighted by molar-refractivity contribution is 7.92. The second kappa shape index (κ2) is 9.66. The zero-order chi connectivity index (χ0) is 22.4. The number of aryl methyl sites for hydroxylation is 2. The smallest absolute Gasteiger partial charge is 0.264 e. The topological polar surface area (TPSA) is 75.7 Å². The van der Waals surface area contributed by atoms with Crippen LogP contribution in [0.3, 0.4) is 0 Å². The molecule has 0 aliphatic carbocycles. The van der Waals surface area contributed by atoms with E-state index in [0.29, 0.717) is 23.7 Å². The molecule has 0 fully saturated rings. The number of nitrogens with zero attached hydrogens (tertiary/aromatic N) is 1. The van der Waals surface area contributed by atoms with Crippen LogP contribution in [0.1, 0.15) is 18.1 Å². The molecular formula is C24H26N2O4S. The maximum Gasteiger partial charge on any atom is 0.264 e. The van der Waals surface area contributed by atoms with Gasteiger partial charge in [-0.1, -0.05) is 35.9 Å². The molecule has 6 nitrogen and oxygen atoms in total. The Labute approximate surface area is 183 Å². The molecule has 0 atom stereocenters. The van der Waals surface area contributed by atoms with Gasteiger partial charge in [-0.25, -0.2) is 8.42 Å². The number of benzene rings is 3. The van der Waals surface area contributed by atoms with Crippen molar-refractivity contribution in [2.75, 3.05) is 22.8 Å². The molecule has 0 saturated carbocycles. The number of rotatable bonds is 8. The number of carbonyl (C=O) groups excluding carboxylic acids is 1. The average Bonchev–Trinajstić information content (AvgIpc) is 2.75. The van der Waals surface area contributed by atoms with Crippen molar-refractivity contribution in [1.29, 1.82) is 0 Å². The van der Waals surface area contributed by atoms with Crippen LogP contribution < -0.4 is 14.4 Å². The number of hydrogen-bond acceptors (Lipinski definition) is 4. The van der Waals surface area contributed by atoms with E-state index in [9.17, 15) is 13.2 Å². The fourth-order valence-electron chi connectivity index (χ4n) is 3.19. The lowest BCUT2D eigenvalue weighted by Crippen LogP contribution is -2.38. The first-order valence-electron chi connectivity index (χ1n) is 9.99. The fourth-order valence-corrected chi connectivity index (χ4v) is 4.61. The van der Waals surface area contributed by atoms with Crippen LogP contribution in [0.15, 0.2) is 77.7 Å². The molecule has 0 aliphatic rings. The van der Waals surface area contributed by atoms with Gasteiger partial charge in [-0.15, -0.1) is 0 Å². The summed E-state index contributed by atoms with van der Waals surface area (Å²) in [6, 6.07) is 20.4. The minimum Gasteiger partial charge on any atom is -0.494 e. The Kier molecular flexibility index (Phi) is 6.97. The number of ether oxygens (including phenoxy) is 1. The standard InChI is InChI=1S/C24H26N2O4S/c1-4-30-21-11-13-22(14-12-21)31(28,29)26(20-8-6-5-7-9-20)17-24(27)25-23-15-10-18(2)16-19(23)3/h5-16H,4,17H2,1-3H3,(H,25,27). The maximum absolute atomic E-state index is 13.4. The molecule has 0 spiro atoms. The summed E-state index contributed by atoms with van der Waals surface area (Å²) in [4.78, 5) is 12.9. The Bertz CT molecular complexity index is 1140. The van der Waals surface area contributed by atoms with E-state index in [2.05, 4.69) is 5.32 Å². The number of para-hydroxylation sites is 1. The van der Waals surface area contributed by atoms with E-state index in [0.717, 1.165) is 15.4 Å². The first-order valence-corrected chi connectivity index (χ1v) is 11.4. The van der Waals surface area contributed by atoms with Gasteiger partial charge in [-0.3, -0.25) is 9.10 Å². The Morgan fingerprint density at radius 2 is 1.65 bits per heavy atom. The van der Waals surface area contributed by atoms with Gasteiger partial charge >= 0.3 is 0 Å². The van der Waals surface area contributed by atoms with Gasteiger partial charge in [-0.05, 0) is 68.8 Å². The summed E-state index contributed by atoms with van der Waals surface area (Å²) in [6.07, 6.45) is 0. The van der Waals surface area contributed by atoms with Crippen molar-refractivity contribution in [2.24, 2.45) is 0 Å². The lowest BCUT2D eigenvalue weighted by Gasteiger charge is -2.24. The molecule has 0 bridgehead atoms. The number of anilines is 2. The zero-order valence-corrected chi connectivity index (χ0v) is 18.6. The van der Waals surface area contributed by atoms with E-state index in [1.54, 1.807) is 42.5 Å². The van der Waals surface area contributed by atoms with E-state index in [-0.39, 0.29) is 11.4 Å². The molecular weight excluding hydrogens is 412 g/mol. The van der Waals surface area contributed by atoms with Crippen LogP contribution in [0.25, 0.3) is 0 Å². The van der Waals surface area contributed by atoms with Gasteiger partial charge in [0.25, 0.3) is 10.0 Å². The first-order chi connectivity index (χ1) is 14.8. The highest BCUT2D eigenvalue weighted by Gasteiger charge is 2.27. The van der Waals surface area contributed by atoms with Gasteiger partial charge in [0.2, 0.25) is 5.91 Å². The number of hydrogen-bond donors (Lipinski definition) is 1. The SMILES string of the molecule is CCOc1ccc(S(=O)(=O)N(CC(=O)Nc2ccc(C)cc2C)c2ccccc2)cc1. The number of sulfonamides is 1. The largest absolute Gasteiger partial charge is 0.494 e. The van der Waals surface area contributed by atoms with Gasteiger partial charge in [0, 0.05) is 5.69 Å². The Morgan fingerprint density at radius 3 is 2.26 bits per heavy atom. The molecule has 0 aromatic heterocycles. The second-order valence-corrected chi connectivity index (χ2v) is 8.98. The van der Waals surface area contributed by atoms with Crippen molar-refractivity contribution in [1.82, 2.24) is 0 Å². The molecule has 7 heteroatoms. The third kappa shape index (κ3) is 5.44. The van der Waals surface area contributed by atoms with Crippen LogP contribution in [0, 0.1) is 13.8 Å². The molecule has 0 aliphatic heterocycles. The summed E-state index contributed by atoms with van der Waals surface area (Å²) in [5.74, 6) is 0.158. The van der Waals surface area contributed by atoms with Crippen LogP contribution in [0.5, 0.6) is 5.75 Å². The minimum atomic E-state index is -3.97. The highest BCUT2D eigenvalue weighted by Crippen LogP contribution is 2.25. The Balaban J connectivity index is 1.90. The molecule has 3 rings (SSSR count). The molecule has 0 heterocycles. The summed E-state index contributed by atoms with van der Waals surface area (Å²) in [6.45, 7) is 5.86. The quantitative estimate of drug-likeness (QED) is 0.560. The van der Waals surface area contributed by atoms with E-state index in [1.807, 2.05) is 39.0 Å². The van der Waals surface area contributed by atoms with Crippen molar-refractivity contribution in [2.45, 2.75) is 25.7 Å². The third-order valence-electron chi connectivity index (χ3n) is 4.71. The van der Waals surface area contributed by atoms with Gasteiger partial charge < -0.3 is 10.1 Å². The molecule has 31 heavy (non-hydrogen) atoms. The van der Waals surface area contributed by atoms with E-state index in [4.69, 9.17) is 4.74 Å². The number of carbonyl (C=O) groups is 1. The van der Waals surface area contributed by atoms with Gasteiger partial charge in [0.05, 0.1) is 17.2 Å². The van der Waals surface area contributed by atoms with Crippen molar-refractivity contribution < 1.29 is 17.9 Å². The van der Waals surface area contributed by atoms with Crippen LogP contribution in [-0.2, 0) is 14.8 Å². The maximum atomic E-state index is 13.4. The van der Waals surface area contributed by atoms with Crippen LogP contribution in [0.4, 0.5) is 11.4 Å². The van der Waals surface area contributed by atoms with Crippen molar-refractivity contribution in [3.63, 3.8) is 0 Å². The Hall–Kier alpha value is -3.32. The monoisotopic (exact) mass is 438 g/mol. The molecule has 3 aromatic rings. The second-order valence-electron chi connectivity index (χ2n) is 7.12. The minimum absolute atomic E-state index is 0.0825. The lowest BCUT2D eigenvalue weighted by atomic mass is 10.1. The van der Waals surface area contributed by atoms with Crippen molar-refractivity contribution in [3.8, 4) is 5.75 Å². The van der Waals surface area contributed by atoms with Crippen LogP contribution in [0.2, 0.25) is 0 Å². The normalized spacial score (nSPS) is 11.1. The highest BCUT2D eigenvalue weighted by atomic mass is 32.2. The molecule has 0 saturated heterocycles. The zero-order valence-electron chi connectivity index (χ0n) is 17.8. The predicted octanol–water partition coefficient (Wildman–Crippen LogP) is 4.54. The average molecular weight is 439 g/mol. The number of nitrogens with one attached hydrogen (secondary N) is 1. The summed E-state index contributed by atoms with van der Waals surface area (Å²) < 4.78 is 33.3. The molecule has 0 unspecified atom stereocenters. The predicted molar refractivity (Wildman–Crippen MR) is 123 cm³/mol. The summed E-state index contributed by atoms with van der Waals surface area (Å²) in [5, 5.41) is 2.82.